The van der Waals surface area contributed by atoms with Gasteiger partial charge in [-0.15, -0.1) is 0 Å². The van der Waals surface area contributed by atoms with Crippen molar-refractivity contribution in [3.63, 3.8) is 0 Å². The van der Waals surface area contributed by atoms with Gasteiger partial charge in [-0.25, -0.2) is 4.79 Å². The first-order valence-electron chi connectivity index (χ1n) is 11.5. The summed E-state index contributed by atoms with van der Waals surface area (Å²) in [6, 6.07) is 3.88. The standard InChI is InChI=1S/C24H36N4O7/c1-13(2)10-18(24(34)35)28-21(31)16(11-15-8-6-5-7-9-15)26-22(32)17(12-19(29)30)27-23(33)20(25)14(3)4/h5-9,13-14,16-18,20H,10-12,25H2,1-4H3,(H,26,32)(H,27,33)(H,28,31)(H,29,30)(H,34,35). The van der Waals surface area contributed by atoms with E-state index in [0.29, 0.717) is 5.56 Å². The average Bonchev–Trinajstić information content (AvgIpc) is 2.76. The molecule has 0 heterocycles. The van der Waals surface area contributed by atoms with E-state index >= 15 is 0 Å². The molecule has 0 fully saturated rings. The predicted octanol–water partition coefficient (Wildman–Crippen LogP) is 0.272. The maximum Gasteiger partial charge on any atom is 0.326 e. The van der Waals surface area contributed by atoms with Crippen molar-refractivity contribution in [1.82, 2.24) is 16.0 Å². The molecule has 0 spiro atoms. The van der Waals surface area contributed by atoms with Crippen LogP contribution in [0.5, 0.6) is 0 Å². The number of carboxylic acid groups (broad SMARTS) is 2. The predicted molar refractivity (Wildman–Crippen MR) is 128 cm³/mol. The number of rotatable bonds is 14. The zero-order valence-corrected chi connectivity index (χ0v) is 20.5. The van der Waals surface area contributed by atoms with Crippen LogP contribution in [0.4, 0.5) is 0 Å². The van der Waals surface area contributed by atoms with Crippen LogP contribution in [-0.2, 0) is 30.4 Å². The van der Waals surface area contributed by atoms with Gasteiger partial charge in [0.25, 0.3) is 0 Å². The molecule has 0 aliphatic heterocycles. The molecule has 0 aliphatic carbocycles. The fraction of sp³-hybridized carbons (Fsp3) is 0.542. The number of hydrogen-bond acceptors (Lipinski definition) is 6. The Balaban J connectivity index is 3.14. The molecule has 194 valence electrons. The van der Waals surface area contributed by atoms with E-state index in [1.165, 1.54) is 0 Å². The summed E-state index contributed by atoms with van der Waals surface area (Å²) in [6.45, 7) is 7.03. The fourth-order valence-corrected chi connectivity index (χ4v) is 3.25. The van der Waals surface area contributed by atoms with Gasteiger partial charge in [-0.05, 0) is 23.8 Å². The zero-order chi connectivity index (χ0) is 26.7. The first-order valence-corrected chi connectivity index (χ1v) is 11.5. The van der Waals surface area contributed by atoms with Gasteiger partial charge >= 0.3 is 11.9 Å². The summed E-state index contributed by atoms with van der Waals surface area (Å²) in [5.74, 6) is -5.16. The summed E-state index contributed by atoms with van der Waals surface area (Å²) in [4.78, 5) is 61.3. The molecule has 3 amide bonds. The average molecular weight is 493 g/mol. The van der Waals surface area contributed by atoms with Gasteiger partial charge in [0.15, 0.2) is 0 Å². The molecule has 11 nitrogen and oxygen atoms in total. The second-order valence-electron chi connectivity index (χ2n) is 9.21. The maximum atomic E-state index is 13.0. The minimum absolute atomic E-state index is 0.0149. The largest absolute Gasteiger partial charge is 0.481 e. The Hall–Kier alpha value is -3.47. The molecule has 7 N–H and O–H groups in total. The van der Waals surface area contributed by atoms with Crippen LogP contribution in [-0.4, -0.2) is 64.0 Å². The molecule has 0 aliphatic rings. The summed E-state index contributed by atoms with van der Waals surface area (Å²) in [5.41, 5.74) is 6.49. The number of nitrogens with one attached hydrogen (secondary N) is 3. The van der Waals surface area contributed by atoms with Crippen molar-refractivity contribution in [1.29, 1.82) is 0 Å². The first-order chi connectivity index (χ1) is 16.3. The number of carbonyl (C=O) groups is 5. The minimum atomic E-state index is -1.48. The number of nitrogens with two attached hydrogens (primary N) is 1. The summed E-state index contributed by atoms with van der Waals surface area (Å²) >= 11 is 0. The Labute approximate surface area is 204 Å². The third kappa shape index (κ3) is 10.6. The van der Waals surface area contributed by atoms with E-state index < -0.39 is 60.2 Å². The van der Waals surface area contributed by atoms with E-state index in [0.717, 1.165) is 0 Å². The number of amides is 3. The molecule has 1 aromatic carbocycles. The molecular weight excluding hydrogens is 456 g/mol. The lowest BCUT2D eigenvalue weighted by atomic mass is 10.0. The Morgan fingerprint density at radius 3 is 1.80 bits per heavy atom. The van der Waals surface area contributed by atoms with Crippen molar-refractivity contribution in [3.8, 4) is 0 Å². The summed E-state index contributed by atoms with van der Waals surface area (Å²) in [5, 5.41) is 26.0. The van der Waals surface area contributed by atoms with E-state index in [4.69, 9.17) is 5.73 Å². The molecule has 0 saturated carbocycles. The van der Waals surface area contributed by atoms with E-state index in [9.17, 15) is 34.2 Å². The van der Waals surface area contributed by atoms with Gasteiger partial charge in [-0.3, -0.25) is 19.2 Å². The Morgan fingerprint density at radius 2 is 1.31 bits per heavy atom. The van der Waals surface area contributed by atoms with Gasteiger partial charge in [-0.1, -0.05) is 58.0 Å². The van der Waals surface area contributed by atoms with Gasteiger partial charge in [-0.2, -0.15) is 0 Å². The SMILES string of the molecule is CC(C)CC(NC(=O)C(Cc1ccccc1)NC(=O)C(CC(=O)O)NC(=O)C(N)C(C)C)C(=O)O. The van der Waals surface area contributed by atoms with Crippen LogP contribution >= 0.6 is 0 Å². The molecule has 35 heavy (non-hydrogen) atoms. The van der Waals surface area contributed by atoms with Gasteiger partial charge < -0.3 is 31.9 Å². The zero-order valence-electron chi connectivity index (χ0n) is 20.5. The third-order valence-corrected chi connectivity index (χ3v) is 5.27. The summed E-state index contributed by atoms with van der Waals surface area (Å²) in [6.07, 6.45) is -0.531. The molecule has 1 aromatic rings. The van der Waals surface area contributed by atoms with Crippen LogP contribution < -0.4 is 21.7 Å². The maximum absolute atomic E-state index is 13.0. The topological polar surface area (TPSA) is 188 Å². The van der Waals surface area contributed by atoms with Crippen LogP contribution in [0, 0.1) is 11.8 Å². The summed E-state index contributed by atoms with van der Waals surface area (Å²) in [7, 11) is 0. The lowest BCUT2D eigenvalue weighted by Gasteiger charge is -2.25. The molecule has 0 saturated heterocycles. The molecule has 0 radical (unpaired) electrons. The van der Waals surface area contributed by atoms with Gasteiger partial charge in [0.05, 0.1) is 12.5 Å². The molecular formula is C24H36N4O7. The number of carbonyl (C=O) groups excluding carboxylic acids is 3. The molecule has 0 bridgehead atoms. The van der Waals surface area contributed by atoms with Crippen LogP contribution in [0.25, 0.3) is 0 Å². The monoisotopic (exact) mass is 492 g/mol. The van der Waals surface area contributed by atoms with E-state index in [1.54, 1.807) is 44.2 Å². The summed E-state index contributed by atoms with van der Waals surface area (Å²) < 4.78 is 0. The first kappa shape index (κ1) is 29.6. The van der Waals surface area contributed by atoms with Crippen molar-refractivity contribution >= 4 is 29.7 Å². The lowest BCUT2D eigenvalue weighted by molar-refractivity contribution is -0.143. The molecule has 1 rings (SSSR count). The highest BCUT2D eigenvalue weighted by atomic mass is 16.4. The van der Waals surface area contributed by atoms with Crippen molar-refractivity contribution in [2.45, 2.75) is 71.1 Å². The highest BCUT2D eigenvalue weighted by Crippen LogP contribution is 2.09. The third-order valence-electron chi connectivity index (χ3n) is 5.27. The Morgan fingerprint density at radius 1 is 0.800 bits per heavy atom. The molecule has 4 atom stereocenters. The van der Waals surface area contributed by atoms with Gasteiger partial charge in [0.2, 0.25) is 17.7 Å². The van der Waals surface area contributed by atoms with Gasteiger partial charge in [0.1, 0.15) is 18.1 Å². The lowest BCUT2D eigenvalue weighted by Crippen LogP contribution is -2.58. The number of hydrogen-bond donors (Lipinski definition) is 6. The number of carboxylic acids is 2. The van der Waals surface area contributed by atoms with Gasteiger partial charge in [0, 0.05) is 6.42 Å². The van der Waals surface area contributed by atoms with Crippen molar-refractivity contribution in [2.75, 3.05) is 0 Å². The number of benzene rings is 1. The van der Waals surface area contributed by atoms with Crippen molar-refractivity contribution in [3.05, 3.63) is 35.9 Å². The molecule has 11 heteroatoms. The fourth-order valence-electron chi connectivity index (χ4n) is 3.25. The highest BCUT2D eigenvalue weighted by molar-refractivity contribution is 5.95. The van der Waals surface area contributed by atoms with Crippen molar-refractivity contribution in [2.24, 2.45) is 17.6 Å². The van der Waals surface area contributed by atoms with Crippen LogP contribution in [0.15, 0.2) is 30.3 Å². The van der Waals surface area contributed by atoms with E-state index in [2.05, 4.69) is 16.0 Å². The van der Waals surface area contributed by atoms with Crippen LogP contribution in [0.1, 0.15) is 46.1 Å². The van der Waals surface area contributed by atoms with Crippen LogP contribution in [0.3, 0.4) is 0 Å². The smallest absolute Gasteiger partial charge is 0.326 e. The molecule has 4 unspecified atom stereocenters. The Kier molecular flexibility index (Phi) is 11.9. The normalized spacial score (nSPS) is 14.5. The second kappa shape index (κ2) is 14.1. The van der Waals surface area contributed by atoms with E-state index in [1.807, 2.05) is 13.8 Å². The minimum Gasteiger partial charge on any atom is -0.481 e. The quantitative estimate of drug-likeness (QED) is 0.213. The van der Waals surface area contributed by atoms with Crippen molar-refractivity contribution < 1.29 is 34.2 Å². The van der Waals surface area contributed by atoms with E-state index in [-0.39, 0.29) is 24.7 Å². The molecule has 0 aromatic heterocycles. The number of aliphatic carboxylic acids is 2. The second-order valence-corrected chi connectivity index (χ2v) is 9.21. The Bertz CT molecular complexity index is 889. The van der Waals surface area contributed by atoms with Crippen LogP contribution in [0.2, 0.25) is 0 Å². The highest BCUT2D eigenvalue weighted by Gasteiger charge is 2.32.